The Balaban J connectivity index is 1.92. The summed E-state index contributed by atoms with van der Waals surface area (Å²) in [6, 6.07) is 0. The summed E-state index contributed by atoms with van der Waals surface area (Å²) in [7, 11) is 0. The molecule has 2 aliphatic rings. The number of amides is 1. The zero-order valence-corrected chi connectivity index (χ0v) is 8.66. The molecule has 1 saturated heterocycles. The van der Waals surface area contributed by atoms with Crippen molar-refractivity contribution in [3.8, 4) is 0 Å². The fourth-order valence-corrected chi connectivity index (χ4v) is 2.50. The molecule has 84 valence electrons. The van der Waals surface area contributed by atoms with Crippen molar-refractivity contribution >= 4 is 11.9 Å². The van der Waals surface area contributed by atoms with Gasteiger partial charge >= 0.3 is 5.97 Å². The van der Waals surface area contributed by atoms with E-state index in [1.807, 2.05) is 0 Å². The van der Waals surface area contributed by atoms with Gasteiger partial charge in [-0.05, 0) is 12.8 Å². The summed E-state index contributed by atoms with van der Waals surface area (Å²) in [5.74, 6) is -0.824. The van der Waals surface area contributed by atoms with Crippen LogP contribution in [0.2, 0.25) is 0 Å². The van der Waals surface area contributed by atoms with E-state index >= 15 is 0 Å². The van der Waals surface area contributed by atoms with E-state index in [0.717, 1.165) is 25.7 Å². The Bertz CT molecular complexity index is 284. The molecule has 0 unspecified atom stereocenters. The number of carbonyl (C=O) groups is 2. The van der Waals surface area contributed by atoms with Gasteiger partial charge in [-0.2, -0.15) is 0 Å². The number of hydrogen-bond donors (Lipinski definition) is 2. The minimum atomic E-state index is -0.864. The molecule has 2 fully saturated rings. The molecule has 0 aromatic heterocycles. The first-order valence-electron chi connectivity index (χ1n) is 5.41. The van der Waals surface area contributed by atoms with E-state index in [1.54, 1.807) is 0 Å². The summed E-state index contributed by atoms with van der Waals surface area (Å²) in [6.45, 7) is 0.274. The molecule has 1 aliphatic heterocycles. The molecule has 2 N–H and O–H groups in total. The fraction of sp³-hybridized carbons (Fsp3) is 0.800. The van der Waals surface area contributed by atoms with E-state index in [4.69, 9.17) is 5.11 Å². The van der Waals surface area contributed by atoms with Crippen molar-refractivity contribution in [2.75, 3.05) is 6.54 Å². The van der Waals surface area contributed by atoms with Crippen molar-refractivity contribution in [1.82, 2.24) is 10.4 Å². The highest BCUT2D eigenvalue weighted by molar-refractivity contribution is 5.80. The highest BCUT2D eigenvalue weighted by Gasteiger charge is 2.44. The molecule has 1 aliphatic carbocycles. The third kappa shape index (κ3) is 2.12. The number of rotatable bonds is 3. The van der Waals surface area contributed by atoms with Crippen LogP contribution in [0.3, 0.4) is 0 Å². The third-order valence-corrected chi connectivity index (χ3v) is 3.27. The Morgan fingerprint density at radius 3 is 2.73 bits per heavy atom. The second kappa shape index (κ2) is 3.81. The third-order valence-electron chi connectivity index (χ3n) is 3.27. The second-order valence-electron chi connectivity index (χ2n) is 4.47. The molecule has 1 spiro atoms. The number of carboxylic acid groups (broad SMARTS) is 1. The van der Waals surface area contributed by atoms with Gasteiger partial charge in [0.1, 0.15) is 0 Å². The molecule has 5 heteroatoms. The standard InChI is InChI=1S/C10H16N2O3/c13-8-7-10(4-1-2-5-10)11-12(8)6-3-9(14)15/h11H,1-7H2,(H,14,15). The number of carboxylic acids is 1. The van der Waals surface area contributed by atoms with E-state index in [0.29, 0.717) is 6.42 Å². The molecule has 1 amide bonds. The molecule has 1 saturated carbocycles. The lowest BCUT2D eigenvalue weighted by Gasteiger charge is -2.24. The molecule has 5 nitrogen and oxygen atoms in total. The Morgan fingerprint density at radius 1 is 1.47 bits per heavy atom. The van der Waals surface area contributed by atoms with E-state index in [1.165, 1.54) is 5.01 Å². The molecule has 0 aromatic rings. The summed E-state index contributed by atoms with van der Waals surface area (Å²) in [5, 5.41) is 10.0. The van der Waals surface area contributed by atoms with Crippen LogP contribution in [0, 0.1) is 0 Å². The topological polar surface area (TPSA) is 69.6 Å². The lowest BCUT2D eigenvalue weighted by atomic mass is 9.96. The van der Waals surface area contributed by atoms with Crippen LogP contribution >= 0.6 is 0 Å². The normalized spacial score (nSPS) is 24.0. The zero-order valence-electron chi connectivity index (χ0n) is 8.66. The zero-order chi connectivity index (χ0) is 10.9. The number of aliphatic carboxylic acids is 1. The van der Waals surface area contributed by atoms with Gasteiger partial charge in [0.2, 0.25) is 5.91 Å². The number of hydrazine groups is 1. The van der Waals surface area contributed by atoms with Gasteiger partial charge in [0.25, 0.3) is 0 Å². The lowest BCUT2D eigenvalue weighted by molar-refractivity contribution is -0.138. The second-order valence-corrected chi connectivity index (χ2v) is 4.47. The summed E-state index contributed by atoms with van der Waals surface area (Å²) in [6.07, 6.45) is 4.92. The van der Waals surface area contributed by atoms with Crippen LogP contribution in [-0.4, -0.2) is 34.1 Å². The minimum Gasteiger partial charge on any atom is -0.481 e. The highest BCUT2D eigenvalue weighted by Crippen LogP contribution is 2.36. The summed E-state index contributed by atoms with van der Waals surface area (Å²) in [4.78, 5) is 22.0. The van der Waals surface area contributed by atoms with Gasteiger partial charge in [-0.25, -0.2) is 5.43 Å². The average Bonchev–Trinajstić information content (AvgIpc) is 2.72. The van der Waals surface area contributed by atoms with E-state index < -0.39 is 5.97 Å². The smallest absolute Gasteiger partial charge is 0.305 e. The molecule has 1 heterocycles. The summed E-state index contributed by atoms with van der Waals surface area (Å²) in [5.41, 5.74) is 3.15. The van der Waals surface area contributed by atoms with Gasteiger partial charge in [0.15, 0.2) is 0 Å². The van der Waals surface area contributed by atoms with E-state index in [9.17, 15) is 9.59 Å². The van der Waals surface area contributed by atoms with Gasteiger partial charge in [0, 0.05) is 18.5 Å². The maximum atomic E-state index is 11.6. The molecule has 0 atom stereocenters. The predicted octanol–water partition coefficient (Wildman–Crippen LogP) is 0.511. The number of hydrogen-bond acceptors (Lipinski definition) is 3. The Kier molecular flexibility index (Phi) is 2.65. The van der Waals surface area contributed by atoms with Gasteiger partial charge in [-0.3, -0.25) is 14.6 Å². The van der Waals surface area contributed by atoms with Crippen LogP contribution in [-0.2, 0) is 9.59 Å². The molecule has 15 heavy (non-hydrogen) atoms. The van der Waals surface area contributed by atoms with Crippen molar-refractivity contribution in [2.24, 2.45) is 0 Å². The van der Waals surface area contributed by atoms with Crippen LogP contribution in [0.4, 0.5) is 0 Å². The average molecular weight is 212 g/mol. The predicted molar refractivity (Wildman–Crippen MR) is 52.9 cm³/mol. The van der Waals surface area contributed by atoms with Crippen LogP contribution in [0.25, 0.3) is 0 Å². The van der Waals surface area contributed by atoms with Crippen molar-refractivity contribution in [1.29, 1.82) is 0 Å². The Labute approximate surface area is 88.4 Å². The van der Waals surface area contributed by atoms with Crippen LogP contribution in [0.15, 0.2) is 0 Å². The van der Waals surface area contributed by atoms with Gasteiger partial charge in [0.05, 0.1) is 6.42 Å². The molecule has 0 radical (unpaired) electrons. The van der Waals surface area contributed by atoms with Crippen molar-refractivity contribution in [3.05, 3.63) is 0 Å². The quantitative estimate of drug-likeness (QED) is 0.715. The van der Waals surface area contributed by atoms with Crippen LogP contribution in [0.5, 0.6) is 0 Å². The fourth-order valence-electron chi connectivity index (χ4n) is 2.50. The van der Waals surface area contributed by atoms with Crippen LogP contribution in [0.1, 0.15) is 38.5 Å². The highest BCUT2D eigenvalue weighted by atomic mass is 16.4. The molecule has 0 aromatic carbocycles. The first kappa shape index (κ1) is 10.4. The minimum absolute atomic E-state index is 0.00875. The SMILES string of the molecule is O=C(O)CCN1NC2(CCCC2)CC1=O. The Morgan fingerprint density at radius 2 is 2.13 bits per heavy atom. The van der Waals surface area contributed by atoms with Gasteiger partial charge in [-0.15, -0.1) is 0 Å². The number of nitrogens with zero attached hydrogens (tertiary/aromatic N) is 1. The van der Waals surface area contributed by atoms with Crippen LogP contribution < -0.4 is 5.43 Å². The molecule has 0 bridgehead atoms. The first-order valence-corrected chi connectivity index (χ1v) is 5.41. The van der Waals surface area contributed by atoms with Crippen molar-refractivity contribution in [2.45, 2.75) is 44.1 Å². The molecule has 2 rings (SSSR count). The monoisotopic (exact) mass is 212 g/mol. The van der Waals surface area contributed by atoms with Gasteiger partial charge in [-0.1, -0.05) is 12.8 Å². The summed E-state index contributed by atoms with van der Waals surface area (Å²) < 4.78 is 0. The maximum Gasteiger partial charge on any atom is 0.305 e. The number of carbonyl (C=O) groups excluding carboxylic acids is 1. The van der Waals surface area contributed by atoms with E-state index in [-0.39, 0.29) is 24.4 Å². The maximum absolute atomic E-state index is 11.6. The Hall–Kier alpha value is -1.10. The lowest BCUT2D eigenvalue weighted by Crippen LogP contribution is -2.45. The summed E-state index contributed by atoms with van der Waals surface area (Å²) >= 11 is 0. The largest absolute Gasteiger partial charge is 0.481 e. The van der Waals surface area contributed by atoms with Crippen molar-refractivity contribution < 1.29 is 14.7 Å². The first-order chi connectivity index (χ1) is 7.11. The molecular formula is C10H16N2O3. The van der Waals surface area contributed by atoms with Crippen molar-refractivity contribution in [3.63, 3.8) is 0 Å². The number of nitrogens with one attached hydrogen (secondary N) is 1. The van der Waals surface area contributed by atoms with Gasteiger partial charge < -0.3 is 5.11 Å². The van der Waals surface area contributed by atoms with E-state index in [2.05, 4.69) is 5.43 Å². The molecular weight excluding hydrogens is 196 g/mol.